The van der Waals surface area contributed by atoms with Gasteiger partial charge in [-0.15, -0.1) is 11.8 Å². The average Bonchev–Trinajstić information content (AvgIpc) is 3.04. The molecule has 0 aliphatic carbocycles. The molecule has 0 atom stereocenters. The van der Waals surface area contributed by atoms with E-state index < -0.39 is 0 Å². The molecule has 2 heterocycles. The van der Waals surface area contributed by atoms with Gasteiger partial charge >= 0.3 is 5.65 Å². The lowest BCUT2D eigenvalue weighted by atomic mass is 10.0. The molecule has 0 saturated heterocycles. The summed E-state index contributed by atoms with van der Waals surface area (Å²) in [5.41, 5.74) is 5.56. The fourth-order valence-electron chi connectivity index (χ4n) is 2.95. The molecule has 23 heavy (non-hydrogen) atoms. The Morgan fingerprint density at radius 3 is 2.74 bits per heavy atom. The van der Waals surface area contributed by atoms with E-state index in [1.54, 1.807) is 7.11 Å². The van der Waals surface area contributed by atoms with Crippen molar-refractivity contribution in [2.75, 3.05) is 25.2 Å². The van der Waals surface area contributed by atoms with Gasteiger partial charge in [-0.3, -0.25) is 0 Å². The minimum Gasteiger partial charge on any atom is -0.388 e. The van der Waals surface area contributed by atoms with Gasteiger partial charge in [0.25, 0.3) is 0 Å². The lowest BCUT2D eigenvalue weighted by molar-refractivity contribution is -0.870. The summed E-state index contributed by atoms with van der Waals surface area (Å²) in [6.45, 7) is 4.23. The summed E-state index contributed by atoms with van der Waals surface area (Å²) in [6.07, 6.45) is 1.95. The van der Waals surface area contributed by atoms with E-state index in [9.17, 15) is 0 Å². The lowest BCUT2D eigenvalue weighted by Gasteiger charge is -2.13. The average molecular weight is 328 g/mol. The van der Waals surface area contributed by atoms with Crippen LogP contribution in [0, 0.1) is 6.92 Å². The summed E-state index contributed by atoms with van der Waals surface area (Å²) < 4.78 is 1.82. The molecule has 0 bridgehead atoms. The molecule has 1 aromatic carbocycles. The molecule has 120 valence electrons. The number of nitrogens with one attached hydrogen (secondary N) is 2. The third kappa shape index (κ3) is 2.77. The molecule has 5 heteroatoms. The van der Waals surface area contributed by atoms with E-state index in [2.05, 4.69) is 54.5 Å². The van der Waals surface area contributed by atoms with Crippen LogP contribution in [0.25, 0.3) is 22.2 Å². The predicted octanol–water partition coefficient (Wildman–Crippen LogP) is 3.64. The molecule has 0 amide bonds. The number of fused-ring (bicyclic) bond motifs is 1. The van der Waals surface area contributed by atoms with Gasteiger partial charge in [0, 0.05) is 35.7 Å². The second-order valence-corrected chi connectivity index (χ2v) is 6.64. The van der Waals surface area contributed by atoms with Crippen LogP contribution in [0.2, 0.25) is 0 Å². The van der Waals surface area contributed by atoms with Crippen LogP contribution in [-0.4, -0.2) is 24.9 Å². The van der Waals surface area contributed by atoms with Gasteiger partial charge in [0.05, 0.1) is 11.6 Å². The van der Waals surface area contributed by atoms with Crippen molar-refractivity contribution < 1.29 is 9.57 Å². The SMILES string of the molecule is CCSc1ccc(NC)c(-c2cc(C)[n+](OC)c3[nH]ccc23)c1. The fourth-order valence-corrected chi connectivity index (χ4v) is 3.65. The molecule has 2 N–H and O–H groups in total. The first-order valence-corrected chi connectivity index (χ1v) is 8.70. The zero-order valence-electron chi connectivity index (χ0n) is 13.9. The molecule has 0 unspecified atom stereocenters. The third-order valence-electron chi connectivity index (χ3n) is 3.94. The highest BCUT2D eigenvalue weighted by Gasteiger charge is 2.19. The molecule has 4 nitrogen and oxygen atoms in total. The summed E-state index contributed by atoms with van der Waals surface area (Å²) >= 11 is 1.86. The highest BCUT2D eigenvalue weighted by Crippen LogP contribution is 2.35. The van der Waals surface area contributed by atoms with Crippen molar-refractivity contribution in [2.24, 2.45) is 0 Å². The smallest absolute Gasteiger partial charge is 0.326 e. The molecule has 3 aromatic rings. The van der Waals surface area contributed by atoms with Crippen LogP contribution in [0.4, 0.5) is 5.69 Å². The molecular weight excluding hydrogens is 306 g/mol. The van der Waals surface area contributed by atoms with Crippen molar-refractivity contribution in [2.45, 2.75) is 18.7 Å². The molecule has 0 saturated carbocycles. The van der Waals surface area contributed by atoms with E-state index in [1.165, 1.54) is 16.0 Å². The Morgan fingerprint density at radius 1 is 1.22 bits per heavy atom. The number of rotatable bonds is 5. The summed E-state index contributed by atoms with van der Waals surface area (Å²) in [6, 6.07) is 10.9. The molecule has 0 fully saturated rings. The Balaban J connectivity index is 2.28. The van der Waals surface area contributed by atoms with E-state index in [0.29, 0.717) is 0 Å². The zero-order chi connectivity index (χ0) is 16.4. The molecule has 2 aromatic heterocycles. The van der Waals surface area contributed by atoms with Crippen molar-refractivity contribution in [1.82, 2.24) is 4.98 Å². The number of hydrogen-bond donors (Lipinski definition) is 2. The number of aryl methyl sites for hydroxylation is 1. The van der Waals surface area contributed by atoms with E-state index in [-0.39, 0.29) is 0 Å². The van der Waals surface area contributed by atoms with Gasteiger partial charge in [0.15, 0.2) is 0 Å². The predicted molar refractivity (Wildman–Crippen MR) is 97.1 cm³/mol. The Bertz CT molecular complexity index is 842. The maximum Gasteiger partial charge on any atom is 0.326 e. The van der Waals surface area contributed by atoms with Crippen molar-refractivity contribution in [3.8, 4) is 11.1 Å². The maximum atomic E-state index is 5.49. The van der Waals surface area contributed by atoms with Crippen LogP contribution in [0.15, 0.2) is 41.4 Å². The van der Waals surface area contributed by atoms with Crippen LogP contribution in [0.1, 0.15) is 12.6 Å². The van der Waals surface area contributed by atoms with Crippen molar-refractivity contribution in [1.29, 1.82) is 0 Å². The van der Waals surface area contributed by atoms with Gasteiger partial charge in [0.1, 0.15) is 12.8 Å². The molecule has 0 aliphatic rings. The van der Waals surface area contributed by atoms with Crippen LogP contribution in [0.5, 0.6) is 0 Å². The molecule has 3 rings (SSSR count). The molecule has 0 aliphatic heterocycles. The number of nitrogens with zero attached hydrogens (tertiary/aromatic N) is 1. The first-order valence-electron chi connectivity index (χ1n) is 7.71. The highest BCUT2D eigenvalue weighted by molar-refractivity contribution is 7.99. The summed E-state index contributed by atoms with van der Waals surface area (Å²) in [5, 5.41) is 4.46. The van der Waals surface area contributed by atoms with E-state index >= 15 is 0 Å². The van der Waals surface area contributed by atoms with Gasteiger partial charge in [0.2, 0.25) is 0 Å². The minimum atomic E-state index is 0.970. The number of anilines is 1. The molecule has 0 radical (unpaired) electrons. The van der Waals surface area contributed by atoms with E-state index in [0.717, 1.165) is 28.2 Å². The van der Waals surface area contributed by atoms with Gasteiger partial charge in [-0.2, -0.15) is 0 Å². The Labute approximate surface area is 140 Å². The number of hydrogen-bond acceptors (Lipinski definition) is 3. The number of aromatic nitrogens is 2. The van der Waals surface area contributed by atoms with Crippen LogP contribution in [-0.2, 0) is 0 Å². The summed E-state index contributed by atoms with van der Waals surface area (Å²) in [5.74, 6) is 1.06. The number of benzene rings is 1. The van der Waals surface area contributed by atoms with Gasteiger partial charge in [-0.05, 0) is 40.8 Å². The summed E-state index contributed by atoms with van der Waals surface area (Å²) in [4.78, 5) is 10.1. The standard InChI is InChI=1S/C18H21N3OS/c1-5-23-13-6-7-17(19-3)16(11-13)15-10-12(2)21(22-4)18-14(15)8-9-20-18/h6-11H,5H2,1-4H3,(H,19,20)/p+1. The number of pyridine rings is 1. The monoisotopic (exact) mass is 328 g/mol. The van der Waals surface area contributed by atoms with Crippen LogP contribution >= 0.6 is 11.8 Å². The second-order valence-electron chi connectivity index (χ2n) is 5.31. The number of thioether (sulfide) groups is 1. The zero-order valence-corrected chi connectivity index (χ0v) is 14.8. The number of H-pyrrole nitrogens is 1. The largest absolute Gasteiger partial charge is 0.388 e. The Morgan fingerprint density at radius 2 is 2.04 bits per heavy atom. The Kier molecular flexibility index (Phi) is 4.48. The molecular formula is C18H22N3OS+. The fraction of sp³-hybridized carbons (Fsp3) is 0.278. The van der Waals surface area contributed by atoms with Gasteiger partial charge < -0.3 is 10.2 Å². The summed E-state index contributed by atoms with van der Waals surface area (Å²) in [7, 11) is 3.65. The third-order valence-corrected chi connectivity index (χ3v) is 4.81. The number of aromatic amines is 1. The normalized spacial score (nSPS) is 11.0. The Hall–Kier alpha value is -2.14. The first kappa shape index (κ1) is 15.7. The maximum absolute atomic E-state index is 5.49. The van der Waals surface area contributed by atoms with E-state index in [4.69, 9.17) is 4.84 Å². The lowest BCUT2D eigenvalue weighted by Crippen LogP contribution is -2.44. The van der Waals surface area contributed by atoms with Crippen molar-refractivity contribution >= 4 is 28.5 Å². The minimum absolute atomic E-state index is 0.970. The van der Waals surface area contributed by atoms with Crippen molar-refractivity contribution in [3.63, 3.8) is 0 Å². The van der Waals surface area contributed by atoms with E-state index in [1.807, 2.05) is 29.7 Å². The van der Waals surface area contributed by atoms with Gasteiger partial charge in [-0.1, -0.05) is 6.92 Å². The second kappa shape index (κ2) is 6.54. The van der Waals surface area contributed by atoms with Gasteiger partial charge in [-0.25, -0.2) is 4.98 Å². The highest BCUT2D eigenvalue weighted by atomic mass is 32.2. The van der Waals surface area contributed by atoms with Crippen LogP contribution < -0.4 is 14.9 Å². The quantitative estimate of drug-likeness (QED) is 0.555. The van der Waals surface area contributed by atoms with Crippen LogP contribution in [0.3, 0.4) is 0 Å². The van der Waals surface area contributed by atoms with Crippen molar-refractivity contribution in [3.05, 3.63) is 42.2 Å². The molecule has 0 spiro atoms. The first-order chi connectivity index (χ1) is 11.2. The topological polar surface area (TPSA) is 40.9 Å².